The molecule has 3 N–H and O–H groups in total. The van der Waals surface area contributed by atoms with Gasteiger partial charge in [-0.15, -0.1) is 0 Å². The molecule has 1 saturated heterocycles. The second kappa shape index (κ2) is 9.33. The summed E-state index contributed by atoms with van der Waals surface area (Å²) in [5.74, 6) is 0. The highest BCUT2D eigenvalue weighted by atomic mass is 16.6. The Kier molecular flexibility index (Phi) is 8.14. The van der Waals surface area contributed by atoms with Gasteiger partial charge >= 0.3 is 6.09 Å². The van der Waals surface area contributed by atoms with Gasteiger partial charge in [-0.1, -0.05) is 0 Å². The second-order valence-corrected chi connectivity index (χ2v) is 7.04. The lowest BCUT2D eigenvalue weighted by Gasteiger charge is -2.32. The van der Waals surface area contributed by atoms with E-state index in [4.69, 9.17) is 15.2 Å². The van der Waals surface area contributed by atoms with Gasteiger partial charge in [0.2, 0.25) is 0 Å². The van der Waals surface area contributed by atoms with Gasteiger partial charge in [-0.2, -0.15) is 0 Å². The molecule has 6 heteroatoms. The molecule has 0 aromatic rings. The molecule has 0 saturated carbocycles. The third-order valence-corrected chi connectivity index (χ3v) is 3.81. The Balaban J connectivity index is 2.26. The molecule has 0 radical (unpaired) electrons. The lowest BCUT2D eigenvalue weighted by Crippen LogP contribution is -2.45. The van der Waals surface area contributed by atoms with E-state index in [2.05, 4.69) is 17.3 Å². The fourth-order valence-corrected chi connectivity index (χ4v) is 2.59. The van der Waals surface area contributed by atoms with Crippen molar-refractivity contribution in [3.05, 3.63) is 0 Å². The quantitative estimate of drug-likeness (QED) is 0.748. The lowest BCUT2D eigenvalue weighted by molar-refractivity contribution is -0.00820. The first-order valence-corrected chi connectivity index (χ1v) is 8.30. The SMILES string of the molecule is CN(CC1CCCCO1)C(CN)CCNC(=O)OC(C)(C)C. The number of nitrogens with zero attached hydrogens (tertiary/aromatic N) is 1. The zero-order valence-corrected chi connectivity index (χ0v) is 14.6. The Bertz CT molecular complexity index is 325. The molecule has 130 valence electrons. The maximum Gasteiger partial charge on any atom is 0.407 e. The number of hydrogen-bond acceptors (Lipinski definition) is 5. The first-order valence-electron chi connectivity index (χ1n) is 8.30. The van der Waals surface area contributed by atoms with Crippen LogP contribution in [-0.4, -0.2) is 62.0 Å². The van der Waals surface area contributed by atoms with Crippen LogP contribution < -0.4 is 11.1 Å². The summed E-state index contributed by atoms with van der Waals surface area (Å²) in [6.07, 6.45) is 4.27. The minimum atomic E-state index is -0.466. The highest BCUT2D eigenvalue weighted by molar-refractivity contribution is 5.67. The number of nitrogens with two attached hydrogens (primary N) is 1. The van der Waals surface area contributed by atoms with Gasteiger partial charge in [-0.25, -0.2) is 4.79 Å². The van der Waals surface area contributed by atoms with Gasteiger partial charge in [0.15, 0.2) is 0 Å². The van der Waals surface area contributed by atoms with Crippen LogP contribution in [0.25, 0.3) is 0 Å². The van der Waals surface area contributed by atoms with Crippen molar-refractivity contribution in [3.63, 3.8) is 0 Å². The molecular formula is C16H33N3O3. The highest BCUT2D eigenvalue weighted by Crippen LogP contribution is 2.14. The van der Waals surface area contributed by atoms with E-state index in [1.165, 1.54) is 12.8 Å². The zero-order valence-electron chi connectivity index (χ0n) is 14.6. The molecule has 0 spiro atoms. The topological polar surface area (TPSA) is 76.8 Å². The number of likely N-dealkylation sites (N-methyl/N-ethyl adjacent to an activating group) is 1. The molecule has 2 atom stereocenters. The first kappa shape index (κ1) is 19.2. The van der Waals surface area contributed by atoms with E-state index < -0.39 is 5.60 Å². The first-order chi connectivity index (χ1) is 10.3. The molecule has 1 amide bonds. The molecule has 0 aromatic heterocycles. The van der Waals surface area contributed by atoms with E-state index in [1.54, 1.807) is 0 Å². The molecule has 1 rings (SSSR count). The van der Waals surface area contributed by atoms with Gasteiger partial charge < -0.3 is 20.5 Å². The van der Waals surface area contributed by atoms with Crippen molar-refractivity contribution in [3.8, 4) is 0 Å². The van der Waals surface area contributed by atoms with Crippen molar-refractivity contribution >= 4 is 6.09 Å². The normalized spacial score (nSPS) is 20.7. The summed E-state index contributed by atoms with van der Waals surface area (Å²) in [4.78, 5) is 13.9. The predicted molar refractivity (Wildman–Crippen MR) is 87.9 cm³/mol. The Hall–Kier alpha value is -0.850. The van der Waals surface area contributed by atoms with Crippen LogP contribution in [0, 0.1) is 0 Å². The molecular weight excluding hydrogens is 282 g/mol. The van der Waals surface area contributed by atoms with Crippen molar-refractivity contribution in [2.45, 2.75) is 64.2 Å². The number of ether oxygens (including phenoxy) is 2. The van der Waals surface area contributed by atoms with Gasteiger partial charge in [0.25, 0.3) is 0 Å². The fraction of sp³-hybridized carbons (Fsp3) is 0.938. The Morgan fingerprint density at radius 3 is 2.73 bits per heavy atom. The summed E-state index contributed by atoms with van der Waals surface area (Å²) in [6.45, 7) is 8.46. The summed E-state index contributed by atoms with van der Waals surface area (Å²) in [6, 6.07) is 0.237. The molecule has 22 heavy (non-hydrogen) atoms. The van der Waals surface area contributed by atoms with Crippen LogP contribution in [0.3, 0.4) is 0 Å². The average Bonchev–Trinajstić information content (AvgIpc) is 2.42. The average molecular weight is 315 g/mol. The fourth-order valence-electron chi connectivity index (χ4n) is 2.59. The van der Waals surface area contributed by atoms with Crippen LogP contribution in [0.2, 0.25) is 0 Å². The number of carbonyl (C=O) groups excluding carboxylic acids is 1. The third-order valence-electron chi connectivity index (χ3n) is 3.81. The lowest BCUT2D eigenvalue weighted by atomic mass is 10.1. The maximum atomic E-state index is 11.6. The molecule has 1 aliphatic heterocycles. The number of hydrogen-bond donors (Lipinski definition) is 2. The number of amides is 1. The minimum Gasteiger partial charge on any atom is -0.444 e. The number of carbonyl (C=O) groups is 1. The maximum absolute atomic E-state index is 11.6. The number of nitrogens with one attached hydrogen (secondary N) is 1. The Labute approximate surface area is 134 Å². The van der Waals surface area contributed by atoms with E-state index in [0.29, 0.717) is 19.2 Å². The van der Waals surface area contributed by atoms with Gasteiger partial charge in [0, 0.05) is 32.3 Å². The highest BCUT2D eigenvalue weighted by Gasteiger charge is 2.21. The van der Waals surface area contributed by atoms with Crippen LogP contribution in [0.1, 0.15) is 46.5 Å². The summed E-state index contributed by atoms with van der Waals surface area (Å²) in [5, 5.41) is 2.79. The summed E-state index contributed by atoms with van der Waals surface area (Å²) in [5.41, 5.74) is 5.41. The third kappa shape index (κ3) is 7.96. The van der Waals surface area contributed by atoms with Crippen LogP contribution in [0.5, 0.6) is 0 Å². The second-order valence-electron chi connectivity index (χ2n) is 7.04. The van der Waals surface area contributed by atoms with E-state index in [0.717, 1.165) is 26.0 Å². The summed E-state index contributed by atoms with van der Waals surface area (Å²) in [7, 11) is 2.07. The van der Waals surface area contributed by atoms with Crippen molar-refractivity contribution in [1.82, 2.24) is 10.2 Å². The van der Waals surface area contributed by atoms with E-state index in [1.807, 2.05) is 20.8 Å². The number of rotatable bonds is 7. The van der Waals surface area contributed by atoms with Crippen molar-refractivity contribution in [2.75, 3.05) is 33.3 Å². The predicted octanol–water partition coefficient (Wildman–Crippen LogP) is 1.73. The summed E-state index contributed by atoms with van der Waals surface area (Å²) >= 11 is 0. The molecule has 6 nitrogen and oxygen atoms in total. The molecule has 1 heterocycles. The van der Waals surface area contributed by atoms with Gasteiger partial charge in [0.05, 0.1) is 6.10 Å². The van der Waals surface area contributed by atoms with Crippen LogP contribution in [0.15, 0.2) is 0 Å². The Morgan fingerprint density at radius 2 is 2.18 bits per heavy atom. The molecule has 0 aliphatic carbocycles. The minimum absolute atomic E-state index is 0.237. The van der Waals surface area contributed by atoms with E-state index in [-0.39, 0.29) is 12.1 Å². The van der Waals surface area contributed by atoms with Gasteiger partial charge in [-0.3, -0.25) is 4.90 Å². The van der Waals surface area contributed by atoms with Crippen LogP contribution in [-0.2, 0) is 9.47 Å². The van der Waals surface area contributed by atoms with Gasteiger partial charge in [0.1, 0.15) is 5.60 Å². The number of alkyl carbamates (subject to hydrolysis) is 1. The van der Waals surface area contributed by atoms with Gasteiger partial charge in [-0.05, 0) is 53.5 Å². The molecule has 0 bridgehead atoms. The van der Waals surface area contributed by atoms with Crippen molar-refractivity contribution < 1.29 is 14.3 Å². The van der Waals surface area contributed by atoms with Crippen LogP contribution in [0.4, 0.5) is 4.79 Å². The van der Waals surface area contributed by atoms with Crippen molar-refractivity contribution in [2.24, 2.45) is 5.73 Å². The smallest absolute Gasteiger partial charge is 0.407 e. The summed E-state index contributed by atoms with van der Waals surface area (Å²) < 4.78 is 11.0. The molecule has 0 aromatic carbocycles. The molecule has 1 fully saturated rings. The molecule has 1 aliphatic rings. The van der Waals surface area contributed by atoms with E-state index in [9.17, 15) is 4.79 Å². The van der Waals surface area contributed by atoms with E-state index >= 15 is 0 Å². The standard InChI is InChI=1S/C16H33N3O3/c1-16(2,3)22-15(20)18-9-8-13(11-17)19(4)12-14-7-5-6-10-21-14/h13-14H,5-12,17H2,1-4H3,(H,18,20). The Morgan fingerprint density at radius 1 is 1.45 bits per heavy atom. The largest absolute Gasteiger partial charge is 0.444 e. The monoisotopic (exact) mass is 315 g/mol. The molecule has 2 unspecified atom stereocenters. The zero-order chi connectivity index (χ0) is 16.6. The van der Waals surface area contributed by atoms with Crippen LogP contribution >= 0.6 is 0 Å². The van der Waals surface area contributed by atoms with Crippen molar-refractivity contribution in [1.29, 1.82) is 0 Å².